The number of nitrogens with zero attached hydrogens (tertiary/aromatic N) is 1. The van der Waals surface area contributed by atoms with Crippen molar-refractivity contribution < 1.29 is 19.8 Å². The highest BCUT2D eigenvalue weighted by Crippen LogP contribution is 2.37. The van der Waals surface area contributed by atoms with Crippen molar-refractivity contribution in [3.63, 3.8) is 0 Å². The minimum atomic E-state index is -0.541. The van der Waals surface area contributed by atoms with Gasteiger partial charge in [0.2, 0.25) is 0 Å². The molecular weight excluding hydrogens is 258 g/mol. The van der Waals surface area contributed by atoms with Gasteiger partial charge in [-0.1, -0.05) is 24.3 Å². The molecule has 0 unspecified atom stereocenters. The lowest BCUT2D eigenvalue weighted by Crippen LogP contribution is -2.20. The Balaban J connectivity index is 0.000000704. The Labute approximate surface area is 114 Å². The van der Waals surface area contributed by atoms with Crippen molar-refractivity contribution in [2.45, 2.75) is 0 Å². The summed E-state index contributed by atoms with van der Waals surface area (Å²) in [4.78, 5) is 24.4. The van der Waals surface area contributed by atoms with E-state index in [2.05, 4.69) is 6.57 Å². The number of phenols is 2. The van der Waals surface area contributed by atoms with Gasteiger partial charge in [-0.2, -0.15) is 0 Å². The average Bonchev–Trinajstić information content (AvgIpc) is 2.49. The van der Waals surface area contributed by atoms with E-state index in [0.29, 0.717) is 5.56 Å². The van der Waals surface area contributed by atoms with Gasteiger partial charge in [-0.15, -0.1) is 0 Å². The van der Waals surface area contributed by atoms with Crippen molar-refractivity contribution in [2.24, 2.45) is 0 Å². The number of benzene rings is 2. The van der Waals surface area contributed by atoms with E-state index in [1.54, 1.807) is 18.2 Å². The second kappa shape index (κ2) is 4.86. The van der Waals surface area contributed by atoms with Crippen LogP contribution < -0.4 is 0 Å². The Morgan fingerprint density at radius 2 is 1.35 bits per heavy atom. The minimum Gasteiger partial charge on any atom is -0.504 e. The number of aromatic hydroxyl groups is 2. The summed E-state index contributed by atoms with van der Waals surface area (Å²) in [5.41, 5.74) is 0.559. The molecule has 3 rings (SSSR count). The average molecular weight is 267 g/mol. The largest absolute Gasteiger partial charge is 0.504 e. The Kier molecular flexibility index (Phi) is 3.23. The van der Waals surface area contributed by atoms with Crippen LogP contribution in [0.2, 0.25) is 0 Å². The van der Waals surface area contributed by atoms with Gasteiger partial charge in [0.1, 0.15) is 0 Å². The number of nitriles is 1. The first-order valence-electron chi connectivity index (χ1n) is 5.60. The van der Waals surface area contributed by atoms with Gasteiger partial charge in [0.05, 0.1) is 5.56 Å². The fourth-order valence-corrected chi connectivity index (χ4v) is 2.16. The molecule has 98 valence electrons. The first-order valence-corrected chi connectivity index (χ1v) is 5.60. The Bertz CT molecular complexity index is 747. The molecule has 0 spiro atoms. The molecule has 20 heavy (non-hydrogen) atoms. The smallest absolute Gasteiger partial charge is 0.198 e. The summed E-state index contributed by atoms with van der Waals surface area (Å²) in [5, 5.41) is 25.6. The van der Waals surface area contributed by atoms with Crippen molar-refractivity contribution in [3.8, 4) is 18.1 Å². The van der Waals surface area contributed by atoms with Gasteiger partial charge in [-0.3, -0.25) is 9.59 Å². The van der Waals surface area contributed by atoms with Crippen LogP contribution in [0.4, 0.5) is 0 Å². The predicted molar refractivity (Wildman–Crippen MR) is 69.7 cm³/mol. The molecule has 0 fully saturated rings. The lowest BCUT2D eigenvalue weighted by atomic mass is 9.83. The van der Waals surface area contributed by atoms with Gasteiger partial charge in [-0.25, -0.2) is 5.26 Å². The van der Waals surface area contributed by atoms with Crippen LogP contribution in [-0.4, -0.2) is 21.8 Å². The van der Waals surface area contributed by atoms with E-state index in [9.17, 15) is 19.8 Å². The normalized spacial score (nSPS) is 11.9. The summed E-state index contributed by atoms with van der Waals surface area (Å²) in [6.07, 6.45) is 0. The number of rotatable bonds is 0. The fourth-order valence-electron chi connectivity index (χ4n) is 2.16. The number of phenolic OH excluding ortho intramolecular Hbond substituents is 2. The summed E-state index contributed by atoms with van der Waals surface area (Å²) in [6.45, 7) is 3.50. The number of ketones is 2. The third-order valence-electron chi connectivity index (χ3n) is 3.04. The molecule has 0 heterocycles. The number of fused-ring (bicyclic) bond motifs is 2. The fraction of sp³-hybridized carbons (Fsp3) is 0. The zero-order chi connectivity index (χ0) is 14.9. The topological polar surface area (TPSA) is 98.4 Å². The molecule has 0 aliphatic heterocycles. The van der Waals surface area contributed by atoms with Gasteiger partial charge in [0, 0.05) is 23.3 Å². The maximum Gasteiger partial charge on any atom is 0.198 e. The summed E-state index contributed by atoms with van der Waals surface area (Å²) < 4.78 is 0. The SMILES string of the molecule is C#N.O=C1c2ccccc2C(=O)c2c1ccc(O)c2O. The standard InChI is InChI=1S/C14H8O4.CHN/c15-10-6-5-9-11(14(10)18)13(17)8-4-2-1-3-7(8)12(9)16;1-2/h1-6,15,18H;1H. The molecule has 0 radical (unpaired) electrons. The second-order valence-corrected chi connectivity index (χ2v) is 4.06. The van der Waals surface area contributed by atoms with Crippen LogP contribution in [0.15, 0.2) is 36.4 Å². The lowest BCUT2D eigenvalue weighted by molar-refractivity contribution is 0.0976. The van der Waals surface area contributed by atoms with Crippen molar-refractivity contribution in [2.75, 3.05) is 0 Å². The van der Waals surface area contributed by atoms with E-state index < -0.39 is 17.3 Å². The molecule has 1 aliphatic rings. The number of hydrogen-bond donors (Lipinski definition) is 2. The molecule has 0 amide bonds. The molecule has 0 saturated carbocycles. The molecule has 2 N–H and O–H groups in total. The van der Waals surface area contributed by atoms with Crippen LogP contribution in [0.3, 0.4) is 0 Å². The first kappa shape index (κ1) is 13.3. The van der Waals surface area contributed by atoms with Crippen molar-refractivity contribution in [3.05, 3.63) is 58.7 Å². The molecule has 0 bridgehead atoms. The van der Waals surface area contributed by atoms with Crippen LogP contribution >= 0.6 is 0 Å². The summed E-state index contributed by atoms with van der Waals surface area (Å²) in [5.74, 6) is -1.72. The molecule has 2 aromatic rings. The summed E-state index contributed by atoms with van der Waals surface area (Å²) >= 11 is 0. The Morgan fingerprint density at radius 3 is 1.95 bits per heavy atom. The van der Waals surface area contributed by atoms with Crippen LogP contribution in [-0.2, 0) is 0 Å². The van der Waals surface area contributed by atoms with Gasteiger partial charge >= 0.3 is 0 Å². The molecule has 2 aromatic carbocycles. The third-order valence-corrected chi connectivity index (χ3v) is 3.04. The molecular formula is C15H9NO4. The number of carbonyl (C=O) groups is 2. The third kappa shape index (κ3) is 1.71. The maximum atomic E-state index is 12.2. The van der Waals surface area contributed by atoms with Crippen LogP contribution in [0.1, 0.15) is 31.8 Å². The molecule has 0 aromatic heterocycles. The molecule has 5 heteroatoms. The van der Waals surface area contributed by atoms with Crippen LogP contribution in [0, 0.1) is 11.8 Å². The highest BCUT2D eigenvalue weighted by atomic mass is 16.3. The van der Waals surface area contributed by atoms with Crippen LogP contribution in [0.5, 0.6) is 11.5 Å². The van der Waals surface area contributed by atoms with E-state index in [-0.39, 0.29) is 22.5 Å². The van der Waals surface area contributed by atoms with Gasteiger partial charge in [-0.05, 0) is 12.1 Å². The zero-order valence-electron chi connectivity index (χ0n) is 10.2. The lowest BCUT2D eigenvalue weighted by Gasteiger charge is -2.18. The Morgan fingerprint density at radius 1 is 0.800 bits per heavy atom. The quantitative estimate of drug-likeness (QED) is 0.607. The van der Waals surface area contributed by atoms with E-state index in [1.807, 2.05) is 0 Å². The van der Waals surface area contributed by atoms with Crippen molar-refractivity contribution >= 4 is 11.6 Å². The van der Waals surface area contributed by atoms with Gasteiger partial charge in [0.15, 0.2) is 23.1 Å². The number of carbonyl (C=O) groups excluding carboxylic acids is 2. The first-order chi connectivity index (χ1) is 9.61. The monoisotopic (exact) mass is 267 g/mol. The molecule has 0 saturated heterocycles. The van der Waals surface area contributed by atoms with Gasteiger partial charge < -0.3 is 10.2 Å². The van der Waals surface area contributed by atoms with E-state index in [0.717, 1.165) is 0 Å². The predicted octanol–water partition coefficient (Wildman–Crippen LogP) is 2.01. The Hall–Kier alpha value is -3.13. The van der Waals surface area contributed by atoms with Gasteiger partial charge in [0.25, 0.3) is 0 Å². The van der Waals surface area contributed by atoms with E-state index in [4.69, 9.17) is 5.26 Å². The zero-order valence-corrected chi connectivity index (χ0v) is 10.2. The van der Waals surface area contributed by atoms with Crippen molar-refractivity contribution in [1.82, 2.24) is 0 Å². The van der Waals surface area contributed by atoms with E-state index >= 15 is 0 Å². The molecule has 0 atom stereocenters. The summed E-state index contributed by atoms with van der Waals surface area (Å²) in [6, 6.07) is 8.97. The van der Waals surface area contributed by atoms with E-state index in [1.165, 1.54) is 18.2 Å². The van der Waals surface area contributed by atoms with Crippen molar-refractivity contribution in [1.29, 1.82) is 5.26 Å². The molecule has 5 nitrogen and oxygen atoms in total. The summed E-state index contributed by atoms with van der Waals surface area (Å²) in [7, 11) is 0. The highest BCUT2D eigenvalue weighted by Gasteiger charge is 2.32. The molecule has 1 aliphatic carbocycles. The van der Waals surface area contributed by atoms with Crippen LogP contribution in [0.25, 0.3) is 0 Å². The maximum absolute atomic E-state index is 12.2. The number of hydrogen-bond acceptors (Lipinski definition) is 5. The second-order valence-electron chi connectivity index (χ2n) is 4.06. The minimum absolute atomic E-state index is 0.119. The highest BCUT2D eigenvalue weighted by molar-refractivity contribution is 6.29.